The molecule has 0 saturated carbocycles. The maximum atomic E-state index is 13.0. The summed E-state index contributed by atoms with van der Waals surface area (Å²) < 4.78 is 37.9. The van der Waals surface area contributed by atoms with Gasteiger partial charge in [0.15, 0.2) is 0 Å². The van der Waals surface area contributed by atoms with Crippen LogP contribution >= 0.6 is 11.6 Å². The van der Waals surface area contributed by atoms with Crippen LogP contribution in [0.1, 0.15) is 41.0 Å². The molecule has 0 bridgehead atoms. The van der Waals surface area contributed by atoms with E-state index in [-0.39, 0.29) is 12.2 Å². The molecule has 0 aliphatic heterocycles. The second-order valence-electron chi connectivity index (χ2n) is 7.93. The second-order valence-corrected chi connectivity index (χ2v) is 8.37. The molecule has 3 aromatic heterocycles. The molecule has 5 rings (SSSR count). The van der Waals surface area contributed by atoms with Crippen LogP contribution in [0.2, 0.25) is 5.02 Å². The Morgan fingerprint density at radius 2 is 2.03 bits per heavy atom. The summed E-state index contributed by atoms with van der Waals surface area (Å²) >= 11 is 6.19. The number of imidazole rings is 1. The molecule has 1 aliphatic carbocycles. The predicted molar refractivity (Wildman–Crippen MR) is 119 cm³/mol. The summed E-state index contributed by atoms with van der Waals surface area (Å²) in [4.78, 5) is 8.91. The summed E-state index contributed by atoms with van der Waals surface area (Å²) in [5.41, 5.74) is 5.16. The fraction of sp³-hybridized carbons (Fsp3) is 0.250. The van der Waals surface area contributed by atoms with E-state index in [9.17, 15) is 13.9 Å². The first kappa shape index (κ1) is 21.6. The number of nitrogens with zero attached hydrogens (tertiary/aromatic N) is 3. The lowest BCUT2D eigenvalue weighted by atomic mass is 9.95. The Balaban J connectivity index is 1.66. The van der Waals surface area contributed by atoms with Gasteiger partial charge in [-0.25, -0.2) is 9.97 Å². The Morgan fingerprint density at radius 3 is 2.76 bits per heavy atom. The summed E-state index contributed by atoms with van der Waals surface area (Å²) in [5.74, 6) is 0.125. The van der Waals surface area contributed by atoms with E-state index in [1.165, 1.54) is 12.1 Å². The summed E-state index contributed by atoms with van der Waals surface area (Å²) in [6.07, 6.45) is 3.11. The van der Waals surface area contributed by atoms with E-state index in [0.717, 1.165) is 22.4 Å². The van der Waals surface area contributed by atoms with Crippen molar-refractivity contribution in [3.63, 3.8) is 0 Å². The number of methoxy groups -OCH3 is 1. The van der Waals surface area contributed by atoms with E-state index in [1.54, 1.807) is 19.4 Å². The fourth-order valence-corrected chi connectivity index (χ4v) is 4.67. The molecule has 0 spiro atoms. The Hall–Kier alpha value is -3.23. The number of hydrogen-bond acceptors (Lipinski definition) is 5. The van der Waals surface area contributed by atoms with Crippen molar-refractivity contribution in [3.8, 4) is 22.8 Å². The maximum absolute atomic E-state index is 13.0. The van der Waals surface area contributed by atoms with Crippen LogP contribution in [0.15, 0.2) is 48.8 Å². The number of ether oxygens (including phenoxy) is 2. The first-order chi connectivity index (χ1) is 15.9. The Bertz CT molecular complexity index is 1360. The normalized spacial score (nSPS) is 17.5. The SMILES string of the molecule is COc1cc(C)c(-c2ccc3nc4c(n3c2)[C@@H](c2cc(Cl)ccc2OC(F)F)C[C@H]4O)cn1. The van der Waals surface area contributed by atoms with E-state index in [2.05, 4.69) is 9.97 Å². The van der Waals surface area contributed by atoms with Crippen LogP contribution in [0.25, 0.3) is 16.8 Å². The van der Waals surface area contributed by atoms with Crippen molar-refractivity contribution in [1.82, 2.24) is 14.4 Å². The van der Waals surface area contributed by atoms with Gasteiger partial charge >= 0.3 is 6.61 Å². The van der Waals surface area contributed by atoms with Crippen molar-refractivity contribution in [3.05, 3.63) is 76.3 Å². The van der Waals surface area contributed by atoms with Crippen LogP contribution in [0.5, 0.6) is 11.6 Å². The van der Waals surface area contributed by atoms with Crippen molar-refractivity contribution in [1.29, 1.82) is 0 Å². The Morgan fingerprint density at radius 1 is 1.21 bits per heavy atom. The summed E-state index contributed by atoms with van der Waals surface area (Å²) in [6, 6.07) is 10.2. The highest BCUT2D eigenvalue weighted by atomic mass is 35.5. The molecular weight excluding hydrogens is 452 g/mol. The molecule has 1 aliphatic rings. The number of aliphatic hydroxyl groups excluding tert-OH is 1. The van der Waals surface area contributed by atoms with Gasteiger partial charge in [-0.3, -0.25) is 0 Å². The van der Waals surface area contributed by atoms with Gasteiger partial charge in [-0.15, -0.1) is 0 Å². The highest BCUT2D eigenvalue weighted by Crippen LogP contribution is 2.47. The van der Waals surface area contributed by atoms with Crippen molar-refractivity contribution in [2.75, 3.05) is 7.11 Å². The monoisotopic (exact) mass is 471 g/mol. The van der Waals surface area contributed by atoms with E-state index >= 15 is 0 Å². The second kappa shape index (κ2) is 8.28. The van der Waals surface area contributed by atoms with Gasteiger partial charge < -0.3 is 19.0 Å². The van der Waals surface area contributed by atoms with Crippen molar-refractivity contribution in [2.45, 2.75) is 32.0 Å². The molecule has 1 aromatic carbocycles. The van der Waals surface area contributed by atoms with Crippen LogP contribution in [-0.2, 0) is 0 Å². The highest BCUT2D eigenvalue weighted by molar-refractivity contribution is 6.30. The molecule has 1 N–H and O–H groups in total. The number of hydrogen-bond donors (Lipinski definition) is 1. The van der Waals surface area contributed by atoms with Gasteiger partial charge in [-0.1, -0.05) is 11.6 Å². The largest absolute Gasteiger partial charge is 0.481 e. The summed E-state index contributed by atoms with van der Waals surface area (Å²) in [5, 5.41) is 11.1. The third-order valence-corrected chi connectivity index (χ3v) is 6.19. The lowest BCUT2D eigenvalue weighted by Gasteiger charge is -2.18. The number of alkyl halides is 2. The lowest BCUT2D eigenvalue weighted by molar-refractivity contribution is -0.0506. The number of fused-ring (bicyclic) bond motifs is 3. The Kier molecular flexibility index (Phi) is 5.42. The van der Waals surface area contributed by atoms with Gasteiger partial charge in [-0.05, 0) is 49.2 Å². The summed E-state index contributed by atoms with van der Waals surface area (Å²) in [7, 11) is 1.57. The molecule has 0 unspecified atom stereocenters. The first-order valence-electron chi connectivity index (χ1n) is 10.3. The minimum atomic E-state index is -2.98. The van der Waals surface area contributed by atoms with Crippen molar-refractivity contribution in [2.24, 2.45) is 0 Å². The number of rotatable bonds is 5. The maximum Gasteiger partial charge on any atom is 0.387 e. The number of pyridine rings is 2. The predicted octanol–water partition coefficient (Wildman–Crippen LogP) is 5.54. The third-order valence-electron chi connectivity index (χ3n) is 5.96. The minimum absolute atomic E-state index is 0.0285. The molecular formula is C24H20ClF2N3O3. The molecule has 0 radical (unpaired) electrons. The average molecular weight is 472 g/mol. The minimum Gasteiger partial charge on any atom is -0.481 e. The van der Waals surface area contributed by atoms with Crippen molar-refractivity contribution >= 4 is 17.2 Å². The summed E-state index contributed by atoms with van der Waals surface area (Å²) in [6.45, 7) is -1.01. The van der Waals surface area contributed by atoms with Crippen LogP contribution in [0, 0.1) is 6.92 Å². The van der Waals surface area contributed by atoms with E-state index in [0.29, 0.717) is 27.8 Å². The first-order valence-corrected chi connectivity index (χ1v) is 10.7. The van der Waals surface area contributed by atoms with Crippen LogP contribution in [-0.4, -0.2) is 33.2 Å². The standard InChI is InChI=1S/C24H20ClF2N3O3/c1-12-7-21(32-2)28-10-17(12)13-3-6-20-29-22-18(31)9-16(23(22)30(20)11-13)15-8-14(25)4-5-19(15)33-24(26)27/h3-8,10-11,16,18,24,31H,9H2,1-2H3/t16-,18-/m1/s1. The molecule has 4 aromatic rings. The lowest BCUT2D eigenvalue weighted by Crippen LogP contribution is -2.08. The third kappa shape index (κ3) is 3.79. The molecule has 0 amide bonds. The molecule has 6 nitrogen and oxygen atoms in total. The number of aliphatic hydroxyl groups is 1. The van der Waals surface area contributed by atoms with Gasteiger partial charge in [0, 0.05) is 46.1 Å². The van der Waals surface area contributed by atoms with Crippen molar-refractivity contribution < 1.29 is 23.4 Å². The molecule has 170 valence electrons. The Labute approximate surface area is 193 Å². The smallest absolute Gasteiger partial charge is 0.387 e. The molecule has 9 heteroatoms. The number of halogens is 3. The quantitative estimate of drug-likeness (QED) is 0.414. The zero-order valence-corrected chi connectivity index (χ0v) is 18.6. The molecule has 2 atom stereocenters. The van der Waals surface area contributed by atoms with E-state index in [4.69, 9.17) is 21.1 Å². The van der Waals surface area contributed by atoms with Gasteiger partial charge in [0.05, 0.1) is 24.6 Å². The van der Waals surface area contributed by atoms with Gasteiger partial charge in [0.1, 0.15) is 11.4 Å². The van der Waals surface area contributed by atoms with Gasteiger partial charge in [0.2, 0.25) is 5.88 Å². The average Bonchev–Trinajstić information content (AvgIpc) is 3.31. The topological polar surface area (TPSA) is 68.9 Å². The van der Waals surface area contributed by atoms with Crippen LogP contribution < -0.4 is 9.47 Å². The molecule has 3 heterocycles. The molecule has 33 heavy (non-hydrogen) atoms. The van der Waals surface area contributed by atoms with Gasteiger partial charge in [-0.2, -0.15) is 8.78 Å². The van der Waals surface area contributed by atoms with E-state index in [1.807, 2.05) is 35.7 Å². The number of aromatic nitrogens is 3. The number of benzene rings is 1. The molecule has 0 saturated heterocycles. The highest BCUT2D eigenvalue weighted by Gasteiger charge is 2.37. The fourth-order valence-electron chi connectivity index (χ4n) is 4.49. The van der Waals surface area contributed by atoms with E-state index < -0.39 is 18.6 Å². The van der Waals surface area contributed by atoms with Crippen LogP contribution in [0.4, 0.5) is 8.78 Å². The molecule has 0 fully saturated rings. The number of aryl methyl sites for hydroxylation is 1. The van der Waals surface area contributed by atoms with Gasteiger partial charge in [0.25, 0.3) is 0 Å². The zero-order valence-electron chi connectivity index (χ0n) is 17.8. The zero-order chi connectivity index (χ0) is 23.3. The van der Waals surface area contributed by atoms with Crippen LogP contribution in [0.3, 0.4) is 0 Å².